The first-order chi connectivity index (χ1) is 11.7. The van der Waals surface area contributed by atoms with Gasteiger partial charge in [0, 0.05) is 31.8 Å². The quantitative estimate of drug-likeness (QED) is 0.806. The summed E-state index contributed by atoms with van der Waals surface area (Å²) in [5.74, 6) is 0.162. The number of nitrogens with two attached hydrogens (primary N) is 1. The predicted octanol–water partition coefficient (Wildman–Crippen LogP) is 2.05. The predicted molar refractivity (Wildman–Crippen MR) is 95.8 cm³/mol. The minimum Gasteiger partial charge on any atom is -0.381 e. The van der Waals surface area contributed by atoms with Gasteiger partial charge in [-0.25, -0.2) is 0 Å². The van der Waals surface area contributed by atoms with E-state index < -0.39 is 5.41 Å². The monoisotopic (exact) mass is 337 g/mol. The van der Waals surface area contributed by atoms with Crippen LogP contribution in [0.25, 0.3) is 0 Å². The number of carbonyl (C=O) groups is 1. The first-order valence-electron chi connectivity index (χ1n) is 10.0. The van der Waals surface area contributed by atoms with Crippen molar-refractivity contribution in [2.24, 2.45) is 11.1 Å². The Labute approximate surface area is 146 Å². The van der Waals surface area contributed by atoms with E-state index in [2.05, 4.69) is 10.2 Å². The van der Waals surface area contributed by atoms with Gasteiger partial charge in [-0.1, -0.05) is 25.7 Å². The van der Waals surface area contributed by atoms with Crippen molar-refractivity contribution in [3.05, 3.63) is 0 Å². The lowest BCUT2D eigenvalue weighted by Crippen LogP contribution is -2.60. The number of rotatable bonds is 5. The lowest BCUT2D eigenvalue weighted by atomic mass is 9.77. The number of hydrogen-bond donors (Lipinski definition) is 2. The molecule has 0 spiro atoms. The molecule has 0 atom stereocenters. The summed E-state index contributed by atoms with van der Waals surface area (Å²) in [5, 5.41) is 3.34. The van der Waals surface area contributed by atoms with Gasteiger partial charge in [0.15, 0.2) is 0 Å². The molecule has 3 rings (SSSR count). The van der Waals surface area contributed by atoms with Crippen molar-refractivity contribution in [1.82, 2.24) is 10.2 Å². The molecule has 2 saturated heterocycles. The Morgan fingerprint density at radius 2 is 1.58 bits per heavy atom. The highest BCUT2D eigenvalue weighted by molar-refractivity contribution is 5.83. The van der Waals surface area contributed by atoms with Gasteiger partial charge in [-0.05, 0) is 51.6 Å². The van der Waals surface area contributed by atoms with E-state index in [0.29, 0.717) is 19.8 Å². The largest absolute Gasteiger partial charge is 0.381 e. The van der Waals surface area contributed by atoms with E-state index >= 15 is 0 Å². The molecule has 1 amide bonds. The van der Waals surface area contributed by atoms with Crippen LogP contribution in [0.5, 0.6) is 0 Å². The van der Waals surface area contributed by atoms with Crippen LogP contribution in [0.4, 0.5) is 0 Å². The Hall–Kier alpha value is -0.650. The fourth-order valence-corrected chi connectivity index (χ4v) is 4.90. The standard InChI is InChI=1S/C19H35N3O2/c20-15-18(9-13-24-14-10-18)17(23)21-16-19(7-3-1-4-8-19)22-11-5-2-6-12-22/h1-16,20H2,(H,21,23). The number of nitrogens with zero attached hydrogens (tertiary/aromatic N) is 1. The zero-order chi connectivity index (χ0) is 16.9. The molecule has 2 heterocycles. The summed E-state index contributed by atoms with van der Waals surface area (Å²) in [5.41, 5.74) is 5.78. The van der Waals surface area contributed by atoms with Crippen LogP contribution >= 0.6 is 0 Å². The molecule has 24 heavy (non-hydrogen) atoms. The molecule has 0 radical (unpaired) electrons. The Morgan fingerprint density at radius 1 is 0.958 bits per heavy atom. The molecule has 1 aliphatic carbocycles. The lowest BCUT2D eigenvalue weighted by Gasteiger charge is -2.49. The zero-order valence-corrected chi connectivity index (χ0v) is 15.2. The van der Waals surface area contributed by atoms with Gasteiger partial charge in [0.1, 0.15) is 0 Å². The molecule has 3 N–H and O–H groups in total. The van der Waals surface area contributed by atoms with E-state index in [1.165, 1.54) is 64.5 Å². The number of nitrogens with one attached hydrogen (secondary N) is 1. The fourth-order valence-electron chi connectivity index (χ4n) is 4.90. The van der Waals surface area contributed by atoms with Gasteiger partial charge in [0.2, 0.25) is 5.91 Å². The third-order valence-corrected chi connectivity index (χ3v) is 6.71. The van der Waals surface area contributed by atoms with E-state index in [1.54, 1.807) is 0 Å². The first kappa shape index (κ1) is 18.2. The number of piperidine rings is 1. The van der Waals surface area contributed by atoms with Gasteiger partial charge in [0.25, 0.3) is 0 Å². The van der Waals surface area contributed by atoms with Crippen LogP contribution < -0.4 is 11.1 Å². The molecule has 138 valence electrons. The lowest BCUT2D eigenvalue weighted by molar-refractivity contribution is -0.136. The van der Waals surface area contributed by atoms with Gasteiger partial charge in [-0.3, -0.25) is 9.69 Å². The fraction of sp³-hybridized carbons (Fsp3) is 0.947. The Bertz CT molecular complexity index is 409. The zero-order valence-electron chi connectivity index (χ0n) is 15.2. The molecule has 0 aromatic rings. The maximum absolute atomic E-state index is 13.0. The first-order valence-corrected chi connectivity index (χ1v) is 10.0. The topological polar surface area (TPSA) is 67.6 Å². The van der Waals surface area contributed by atoms with Crippen molar-refractivity contribution >= 4 is 5.91 Å². The number of likely N-dealkylation sites (tertiary alicyclic amines) is 1. The average molecular weight is 338 g/mol. The number of amides is 1. The summed E-state index contributed by atoms with van der Waals surface area (Å²) in [6.45, 7) is 4.94. The van der Waals surface area contributed by atoms with Gasteiger partial charge in [-0.15, -0.1) is 0 Å². The normalized spacial score (nSPS) is 27.5. The Kier molecular flexibility index (Phi) is 6.17. The smallest absolute Gasteiger partial charge is 0.227 e. The van der Waals surface area contributed by atoms with Crippen molar-refractivity contribution in [2.75, 3.05) is 39.4 Å². The number of carbonyl (C=O) groups excluding carboxylic acids is 1. The van der Waals surface area contributed by atoms with Crippen LogP contribution in [-0.2, 0) is 9.53 Å². The summed E-state index contributed by atoms with van der Waals surface area (Å²) in [7, 11) is 0. The second-order valence-electron chi connectivity index (χ2n) is 8.11. The van der Waals surface area contributed by atoms with Crippen molar-refractivity contribution in [3.63, 3.8) is 0 Å². The Morgan fingerprint density at radius 3 is 2.21 bits per heavy atom. The summed E-state index contributed by atoms with van der Waals surface area (Å²) >= 11 is 0. The van der Waals surface area contributed by atoms with Gasteiger partial charge >= 0.3 is 0 Å². The van der Waals surface area contributed by atoms with E-state index in [0.717, 1.165) is 19.4 Å². The molecule has 0 unspecified atom stereocenters. The summed E-state index contributed by atoms with van der Waals surface area (Å²) < 4.78 is 5.44. The molecule has 0 aromatic carbocycles. The SMILES string of the molecule is NCC1(C(=O)NCC2(N3CCCCC3)CCCCC2)CCOCC1. The summed E-state index contributed by atoms with van der Waals surface area (Å²) in [6, 6.07) is 0. The molecular formula is C19H35N3O2. The molecule has 3 fully saturated rings. The number of hydrogen-bond acceptors (Lipinski definition) is 4. The highest BCUT2D eigenvalue weighted by Gasteiger charge is 2.42. The van der Waals surface area contributed by atoms with Crippen LogP contribution in [0.3, 0.4) is 0 Å². The van der Waals surface area contributed by atoms with Crippen LogP contribution in [0.15, 0.2) is 0 Å². The van der Waals surface area contributed by atoms with E-state index in [1.807, 2.05) is 0 Å². The van der Waals surface area contributed by atoms with E-state index in [9.17, 15) is 4.79 Å². The van der Waals surface area contributed by atoms with Crippen molar-refractivity contribution < 1.29 is 9.53 Å². The molecule has 0 bridgehead atoms. The molecular weight excluding hydrogens is 302 g/mol. The maximum Gasteiger partial charge on any atom is 0.227 e. The van der Waals surface area contributed by atoms with Crippen molar-refractivity contribution in [1.29, 1.82) is 0 Å². The van der Waals surface area contributed by atoms with E-state index in [4.69, 9.17) is 10.5 Å². The van der Waals surface area contributed by atoms with Gasteiger partial charge in [-0.2, -0.15) is 0 Å². The Balaban J connectivity index is 1.65. The highest BCUT2D eigenvalue weighted by atomic mass is 16.5. The molecule has 1 saturated carbocycles. The molecule has 3 aliphatic rings. The minimum atomic E-state index is -0.407. The van der Waals surface area contributed by atoms with Crippen molar-refractivity contribution in [3.8, 4) is 0 Å². The second-order valence-corrected chi connectivity index (χ2v) is 8.11. The highest BCUT2D eigenvalue weighted by Crippen LogP contribution is 2.36. The summed E-state index contributed by atoms with van der Waals surface area (Å²) in [6.07, 6.45) is 11.9. The second kappa shape index (κ2) is 8.15. The van der Waals surface area contributed by atoms with Crippen LogP contribution in [-0.4, -0.2) is 55.7 Å². The summed E-state index contributed by atoms with van der Waals surface area (Å²) in [4.78, 5) is 15.6. The third-order valence-electron chi connectivity index (χ3n) is 6.71. The van der Waals surface area contributed by atoms with Gasteiger partial charge in [0.05, 0.1) is 5.41 Å². The van der Waals surface area contributed by atoms with E-state index in [-0.39, 0.29) is 11.4 Å². The van der Waals surface area contributed by atoms with Crippen molar-refractivity contribution in [2.45, 2.75) is 69.7 Å². The van der Waals surface area contributed by atoms with Gasteiger partial charge < -0.3 is 15.8 Å². The molecule has 5 heteroatoms. The van der Waals surface area contributed by atoms with Crippen LogP contribution in [0.1, 0.15) is 64.2 Å². The van der Waals surface area contributed by atoms with Crippen LogP contribution in [0, 0.1) is 5.41 Å². The minimum absolute atomic E-state index is 0.162. The maximum atomic E-state index is 13.0. The molecule has 0 aromatic heterocycles. The third kappa shape index (κ3) is 3.78. The number of ether oxygens (including phenoxy) is 1. The average Bonchev–Trinajstić information content (AvgIpc) is 2.68. The molecule has 2 aliphatic heterocycles. The molecule has 5 nitrogen and oxygen atoms in total. The van der Waals surface area contributed by atoms with Crippen LogP contribution in [0.2, 0.25) is 0 Å².